The molecular weight excluding hydrogens is 384 g/mol. The molecule has 1 aliphatic heterocycles. The van der Waals surface area contributed by atoms with E-state index in [1.165, 1.54) is 18.4 Å². The Kier molecular flexibility index (Phi) is 5.28. The lowest BCUT2D eigenvalue weighted by atomic mass is 9.93. The Morgan fingerprint density at radius 2 is 1.66 bits per heavy atom. The lowest BCUT2D eigenvalue weighted by Gasteiger charge is -2.23. The average Bonchev–Trinajstić information content (AvgIpc) is 3.08. The highest BCUT2D eigenvalue weighted by molar-refractivity contribution is 5.81. The molecule has 1 unspecified atom stereocenters. The second kappa shape index (κ2) is 7.73. The predicted molar refractivity (Wildman–Crippen MR) is 103 cm³/mol. The Morgan fingerprint density at radius 1 is 0.966 bits per heavy atom. The van der Waals surface area contributed by atoms with Crippen LogP contribution in [0.1, 0.15) is 56.2 Å². The van der Waals surface area contributed by atoms with E-state index in [1.54, 1.807) is 6.92 Å². The van der Waals surface area contributed by atoms with E-state index in [9.17, 15) is 17.6 Å². The number of ether oxygens (including phenoxy) is 2. The smallest absolute Gasteiger partial charge is 0.201 e. The molecule has 29 heavy (non-hydrogen) atoms. The molecule has 0 radical (unpaired) electrons. The summed E-state index contributed by atoms with van der Waals surface area (Å²) < 4.78 is 69.7. The predicted octanol–water partition coefficient (Wildman–Crippen LogP) is 6.53. The highest BCUT2D eigenvalue weighted by Gasteiger charge is 2.33. The fourth-order valence-electron chi connectivity index (χ4n) is 4.20. The molecule has 1 heterocycles. The fraction of sp³-hybridized carbons (Fsp3) is 0.391. The van der Waals surface area contributed by atoms with Gasteiger partial charge in [0.1, 0.15) is 0 Å². The maximum absolute atomic E-state index is 15.0. The van der Waals surface area contributed by atoms with Crippen LogP contribution in [0.4, 0.5) is 17.6 Å². The Hall–Kier alpha value is -2.50. The van der Waals surface area contributed by atoms with Crippen molar-refractivity contribution in [1.29, 1.82) is 0 Å². The summed E-state index contributed by atoms with van der Waals surface area (Å²) in [5.74, 6) is -4.83. The molecule has 0 saturated carbocycles. The summed E-state index contributed by atoms with van der Waals surface area (Å²) in [6.45, 7) is 3.89. The molecule has 0 fully saturated rings. The lowest BCUT2D eigenvalue weighted by molar-refractivity contribution is 0.118. The number of benzene rings is 2. The molecule has 2 nitrogen and oxygen atoms in total. The zero-order valence-corrected chi connectivity index (χ0v) is 16.4. The molecule has 0 aromatic heterocycles. The summed E-state index contributed by atoms with van der Waals surface area (Å²) in [6.07, 6.45) is 4.97. The first-order valence-electron chi connectivity index (χ1n) is 9.95. The van der Waals surface area contributed by atoms with Gasteiger partial charge in [-0.1, -0.05) is 13.3 Å². The molecule has 0 amide bonds. The van der Waals surface area contributed by atoms with Crippen molar-refractivity contribution < 1.29 is 27.0 Å². The van der Waals surface area contributed by atoms with Crippen LogP contribution in [0.3, 0.4) is 0 Å². The Labute approximate surface area is 167 Å². The van der Waals surface area contributed by atoms with E-state index in [2.05, 4.69) is 6.92 Å². The molecule has 4 rings (SSSR count). The molecule has 0 saturated heterocycles. The lowest BCUT2D eigenvalue weighted by Crippen LogP contribution is -2.14. The molecule has 1 aliphatic carbocycles. The minimum absolute atomic E-state index is 0.0874. The van der Waals surface area contributed by atoms with Crippen LogP contribution in [0.25, 0.3) is 16.7 Å². The van der Waals surface area contributed by atoms with Crippen molar-refractivity contribution in [3.8, 4) is 16.9 Å². The highest BCUT2D eigenvalue weighted by Crippen LogP contribution is 2.45. The standard InChI is InChI=1S/C23H22F4O2/c1-3-5-15-7-6-12(11-29-15)16-9-13-8-14-10-17(28-4-2)21(25)23(27)19(14)18(13)22(26)20(16)24/h9-11,15H,3-8H2,1-2H3. The van der Waals surface area contributed by atoms with Gasteiger partial charge in [-0.3, -0.25) is 0 Å². The van der Waals surface area contributed by atoms with E-state index in [0.29, 0.717) is 23.1 Å². The van der Waals surface area contributed by atoms with Gasteiger partial charge in [0.15, 0.2) is 23.2 Å². The number of hydrogen-bond donors (Lipinski definition) is 0. The van der Waals surface area contributed by atoms with Crippen molar-refractivity contribution in [2.24, 2.45) is 0 Å². The van der Waals surface area contributed by atoms with E-state index < -0.39 is 23.3 Å². The van der Waals surface area contributed by atoms with Gasteiger partial charge in [-0.25, -0.2) is 13.2 Å². The molecular formula is C23H22F4O2. The Balaban J connectivity index is 1.77. The van der Waals surface area contributed by atoms with Gasteiger partial charge in [0.2, 0.25) is 5.82 Å². The van der Waals surface area contributed by atoms with Gasteiger partial charge in [-0.05, 0) is 61.4 Å². The monoisotopic (exact) mass is 406 g/mol. The van der Waals surface area contributed by atoms with Gasteiger partial charge in [-0.2, -0.15) is 4.39 Å². The minimum Gasteiger partial charge on any atom is -0.498 e. The number of rotatable bonds is 5. The summed E-state index contributed by atoms with van der Waals surface area (Å²) in [6, 6.07) is 2.90. The normalized spacial score (nSPS) is 17.4. The van der Waals surface area contributed by atoms with E-state index in [-0.39, 0.29) is 41.6 Å². The first-order chi connectivity index (χ1) is 14.0. The Morgan fingerprint density at radius 3 is 2.28 bits per heavy atom. The highest BCUT2D eigenvalue weighted by atomic mass is 19.2. The van der Waals surface area contributed by atoms with Crippen LogP contribution >= 0.6 is 0 Å². The van der Waals surface area contributed by atoms with E-state index in [1.807, 2.05) is 0 Å². The van der Waals surface area contributed by atoms with E-state index in [0.717, 1.165) is 19.3 Å². The molecule has 154 valence electrons. The van der Waals surface area contributed by atoms with Crippen LogP contribution in [0.2, 0.25) is 0 Å². The maximum atomic E-state index is 15.0. The summed E-state index contributed by atoms with van der Waals surface area (Å²) in [7, 11) is 0. The molecule has 2 aliphatic rings. The van der Waals surface area contributed by atoms with Crippen molar-refractivity contribution in [3.63, 3.8) is 0 Å². The van der Waals surface area contributed by atoms with Gasteiger partial charge < -0.3 is 9.47 Å². The van der Waals surface area contributed by atoms with Crippen molar-refractivity contribution in [1.82, 2.24) is 0 Å². The first-order valence-corrected chi connectivity index (χ1v) is 9.95. The third-order valence-electron chi connectivity index (χ3n) is 5.57. The van der Waals surface area contributed by atoms with Crippen molar-refractivity contribution in [2.45, 2.75) is 52.1 Å². The molecule has 0 spiro atoms. The van der Waals surface area contributed by atoms with Crippen molar-refractivity contribution in [3.05, 3.63) is 58.4 Å². The van der Waals surface area contributed by atoms with E-state index >= 15 is 0 Å². The van der Waals surface area contributed by atoms with Gasteiger partial charge in [0.25, 0.3) is 0 Å². The number of halogens is 4. The zero-order valence-electron chi connectivity index (χ0n) is 16.4. The second-order valence-corrected chi connectivity index (χ2v) is 7.46. The topological polar surface area (TPSA) is 18.5 Å². The largest absolute Gasteiger partial charge is 0.498 e. The molecule has 1 atom stereocenters. The van der Waals surface area contributed by atoms with Crippen LogP contribution in [0.5, 0.6) is 5.75 Å². The summed E-state index contributed by atoms with van der Waals surface area (Å²) in [5, 5.41) is 0. The zero-order chi connectivity index (χ0) is 20.7. The second-order valence-electron chi connectivity index (χ2n) is 7.46. The first kappa shape index (κ1) is 19.8. The molecule has 2 aromatic rings. The molecule has 6 heteroatoms. The summed E-state index contributed by atoms with van der Waals surface area (Å²) in [4.78, 5) is 0. The van der Waals surface area contributed by atoms with Gasteiger partial charge >= 0.3 is 0 Å². The summed E-state index contributed by atoms with van der Waals surface area (Å²) >= 11 is 0. The Bertz CT molecular complexity index is 997. The quantitative estimate of drug-likeness (QED) is 0.448. The third-order valence-corrected chi connectivity index (χ3v) is 5.57. The van der Waals surface area contributed by atoms with Crippen LogP contribution in [0.15, 0.2) is 18.4 Å². The van der Waals surface area contributed by atoms with Gasteiger partial charge in [0.05, 0.1) is 19.0 Å². The minimum atomic E-state index is -1.21. The van der Waals surface area contributed by atoms with Crippen molar-refractivity contribution >= 4 is 5.57 Å². The number of fused-ring (bicyclic) bond motifs is 3. The summed E-state index contributed by atoms with van der Waals surface area (Å²) in [5.41, 5.74) is 1.08. The van der Waals surface area contributed by atoms with Crippen LogP contribution in [0, 0.1) is 23.3 Å². The van der Waals surface area contributed by atoms with Crippen LogP contribution in [-0.4, -0.2) is 12.7 Å². The van der Waals surface area contributed by atoms with Crippen LogP contribution in [-0.2, 0) is 11.2 Å². The molecule has 2 aromatic carbocycles. The molecule has 0 N–H and O–H groups in total. The third kappa shape index (κ3) is 3.28. The van der Waals surface area contributed by atoms with E-state index in [4.69, 9.17) is 9.47 Å². The fourth-order valence-corrected chi connectivity index (χ4v) is 4.20. The van der Waals surface area contributed by atoms with Gasteiger partial charge in [-0.15, -0.1) is 0 Å². The number of hydrogen-bond acceptors (Lipinski definition) is 2. The molecule has 0 bridgehead atoms. The van der Waals surface area contributed by atoms with Crippen molar-refractivity contribution in [2.75, 3.05) is 6.61 Å². The maximum Gasteiger partial charge on any atom is 0.201 e. The van der Waals surface area contributed by atoms with Gasteiger partial charge in [0, 0.05) is 16.7 Å². The average molecular weight is 406 g/mol. The SMILES string of the molecule is CCCC1CCC(c2cc3c(c(F)c2F)-c2c(cc(OCC)c(F)c2F)C3)=CO1. The number of allylic oxidation sites excluding steroid dienone is 1. The van der Waals surface area contributed by atoms with Crippen LogP contribution < -0.4 is 4.74 Å².